The van der Waals surface area contributed by atoms with Crippen molar-refractivity contribution in [3.63, 3.8) is 0 Å². The number of aromatic amines is 1. The lowest BCUT2D eigenvalue weighted by Crippen LogP contribution is -2.12. The van der Waals surface area contributed by atoms with E-state index in [1.54, 1.807) is 6.92 Å². The Morgan fingerprint density at radius 3 is 2.59 bits per heavy atom. The quantitative estimate of drug-likeness (QED) is 0.684. The highest BCUT2D eigenvalue weighted by molar-refractivity contribution is 5.88. The minimum absolute atomic E-state index is 0.000471. The molecule has 0 aromatic carbocycles. The van der Waals surface area contributed by atoms with Gasteiger partial charge >= 0.3 is 0 Å². The summed E-state index contributed by atoms with van der Waals surface area (Å²) in [5.74, 6) is 1.08. The summed E-state index contributed by atoms with van der Waals surface area (Å²) in [7, 11) is 0. The van der Waals surface area contributed by atoms with Gasteiger partial charge in [0.25, 0.3) is 0 Å². The Balaban J connectivity index is 2.05. The molecule has 0 radical (unpaired) electrons. The third kappa shape index (κ3) is 6.04. The summed E-state index contributed by atoms with van der Waals surface area (Å²) in [6.07, 6.45) is 7.67. The second kappa shape index (κ2) is 7.81. The van der Waals surface area contributed by atoms with Crippen molar-refractivity contribution < 1.29 is 4.79 Å². The van der Waals surface area contributed by atoms with E-state index >= 15 is 0 Å². The smallest absolute Gasteiger partial charge is 0.248 e. The van der Waals surface area contributed by atoms with Crippen LogP contribution in [0.4, 0.5) is 5.95 Å². The molecule has 1 aromatic rings. The number of nitrogens with zero attached hydrogens (tertiary/aromatic N) is 2. The molecular formula is C12H22N4O. The average Bonchev–Trinajstić information content (AvgIpc) is 2.69. The maximum atomic E-state index is 11.5. The lowest BCUT2D eigenvalue weighted by Gasteiger charge is -2.01. The van der Waals surface area contributed by atoms with Gasteiger partial charge in [-0.1, -0.05) is 39.0 Å². The van der Waals surface area contributed by atoms with Gasteiger partial charge in [0.1, 0.15) is 5.82 Å². The number of unbranched alkanes of at least 4 members (excludes halogenated alkanes) is 5. The van der Waals surface area contributed by atoms with Gasteiger partial charge in [0.2, 0.25) is 11.9 Å². The molecule has 0 saturated heterocycles. The minimum atomic E-state index is -0.000471. The van der Waals surface area contributed by atoms with Crippen LogP contribution in [0.1, 0.15) is 57.7 Å². The second-order valence-electron chi connectivity index (χ2n) is 4.31. The van der Waals surface area contributed by atoms with E-state index in [0.29, 0.717) is 18.2 Å². The fourth-order valence-corrected chi connectivity index (χ4v) is 1.65. The van der Waals surface area contributed by atoms with E-state index in [9.17, 15) is 4.79 Å². The van der Waals surface area contributed by atoms with Crippen molar-refractivity contribution >= 4 is 11.9 Å². The van der Waals surface area contributed by atoms with Gasteiger partial charge in [-0.25, -0.2) is 0 Å². The molecule has 0 aliphatic rings. The molecule has 5 nitrogen and oxygen atoms in total. The Hall–Kier alpha value is -1.39. The first kappa shape index (κ1) is 13.7. The Kier molecular flexibility index (Phi) is 6.29. The van der Waals surface area contributed by atoms with Crippen LogP contribution in [0.15, 0.2) is 0 Å². The maximum Gasteiger partial charge on any atom is 0.248 e. The van der Waals surface area contributed by atoms with Crippen molar-refractivity contribution in [1.29, 1.82) is 0 Å². The molecule has 1 amide bonds. The molecule has 0 aliphatic carbocycles. The van der Waals surface area contributed by atoms with Gasteiger partial charge in [0.15, 0.2) is 0 Å². The molecule has 5 heteroatoms. The van der Waals surface area contributed by atoms with Crippen LogP contribution in [0.2, 0.25) is 0 Å². The Morgan fingerprint density at radius 1 is 1.24 bits per heavy atom. The van der Waals surface area contributed by atoms with Gasteiger partial charge in [-0.15, -0.1) is 5.10 Å². The van der Waals surface area contributed by atoms with E-state index in [2.05, 4.69) is 27.4 Å². The first-order chi connectivity index (χ1) is 8.22. The third-order valence-electron chi connectivity index (χ3n) is 2.61. The van der Waals surface area contributed by atoms with Crippen LogP contribution in [-0.4, -0.2) is 21.1 Å². The Bertz CT molecular complexity index is 335. The summed E-state index contributed by atoms with van der Waals surface area (Å²) in [4.78, 5) is 15.5. The zero-order valence-corrected chi connectivity index (χ0v) is 10.8. The summed E-state index contributed by atoms with van der Waals surface area (Å²) in [5, 5.41) is 9.22. The van der Waals surface area contributed by atoms with Crippen molar-refractivity contribution in [2.45, 2.75) is 58.8 Å². The molecule has 17 heavy (non-hydrogen) atoms. The van der Waals surface area contributed by atoms with Crippen LogP contribution < -0.4 is 5.32 Å². The van der Waals surface area contributed by atoms with E-state index in [-0.39, 0.29) is 5.91 Å². The van der Waals surface area contributed by atoms with Crippen molar-refractivity contribution in [3.8, 4) is 0 Å². The molecule has 2 N–H and O–H groups in total. The lowest BCUT2D eigenvalue weighted by molar-refractivity contribution is -0.116. The average molecular weight is 238 g/mol. The molecule has 0 aliphatic heterocycles. The summed E-state index contributed by atoms with van der Waals surface area (Å²) >= 11 is 0. The molecule has 0 bridgehead atoms. The number of hydrogen-bond donors (Lipinski definition) is 2. The summed E-state index contributed by atoms with van der Waals surface area (Å²) in [6, 6.07) is 0. The zero-order valence-electron chi connectivity index (χ0n) is 10.8. The van der Waals surface area contributed by atoms with Crippen molar-refractivity contribution in [3.05, 3.63) is 5.82 Å². The SMILES string of the molecule is CCCCCCCCC(=O)Nc1n[nH]c(C)n1. The molecule has 1 aromatic heterocycles. The highest BCUT2D eigenvalue weighted by Crippen LogP contribution is 2.07. The zero-order chi connectivity index (χ0) is 12.5. The van der Waals surface area contributed by atoms with E-state index in [0.717, 1.165) is 12.8 Å². The summed E-state index contributed by atoms with van der Waals surface area (Å²) in [5.41, 5.74) is 0. The number of H-pyrrole nitrogens is 1. The van der Waals surface area contributed by atoms with E-state index in [1.165, 1.54) is 25.7 Å². The van der Waals surface area contributed by atoms with Crippen molar-refractivity contribution in [2.24, 2.45) is 0 Å². The van der Waals surface area contributed by atoms with E-state index in [1.807, 2.05) is 0 Å². The van der Waals surface area contributed by atoms with Gasteiger partial charge in [-0.2, -0.15) is 4.98 Å². The van der Waals surface area contributed by atoms with Crippen LogP contribution in [-0.2, 0) is 4.79 Å². The van der Waals surface area contributed by atoms with Crippen LogP contribution in [0.3, 0.4) is 0 Å². The number of hydrogen-bond acceptors (Lipinski definition) is 3. The number of rotatable bonds is 8. The summed E-state index contributed by atoms with van der Waals surface area (Å²) < 4.78 is 0. The van der Waals surface area contributed by atoms with Gasteiger partial charge in [-0.3, -0.25) is 15.2 Å². The fraction of sp³-hybridized carbons (Fsp3) is 0.750. The number of aryl methyl sites for hydroxylation is 1. The predicted octanol–water partition coefficient (Wildman–Crippen LogP) is 2.80. The fourth-order valence-electron chi connectivity index (χ4n) is 1.65. The first-order valence-electron chi connectivity index (χ1n) is 6.41. The molecule has 0 saturated carbocycles. The largest absolute Gasteiger partial charge is 0.293 e. The lowest BCUT2D eigenvalue weighted by atomic mass is 10.1. The molecule has 0 fully saturated rings. The number of carbonyl (C=O) groups excluding carboxylic acids is 1. The second-order valence-corrected chi connectivity index (χ2v) is 4.31. The number of amides is 1. The highest BCUT2D eigenvalue weighted by Gasteiger charge is 2.05. The maximum absolute atomic E-state index is 11.5. The monoisotopic (exact) mass is 238 g/mol. The highest BCUT2D eigenvalue weighted by atomic mass is 16.1. The van der Waals surface area contributed by atoms with Crippen LogP contribution in [0.25, 0.3) is 0 Å². The normalized spacial score (nSPS) is 10.5. The molecule has 1 heterocycles. The molecule has 1 rings (SSSR count). The van der Waals surface area contributed by atoms with Gasteiger partial charge in [-0.05, 0) is 13.3 Å². The number of anilines is 1. The topological polar surface area (TPSA) is 70.7 Å². The van der Waals surface area contributed by atoms with Crippen molar-refractivity contribution in [1.82, 2.24) is 15.2 Å². The molecule has 0 atom stereocenters. The Morgan fingerprint density at radius 2 is 1.94 bits per heavy atom. The van der Waals surface area contributed by atoms with Crippen LogP contribution in [0, 0.1) is 6.92 Å². The molecule has 0 unspecified atom stereocenters. The number of carbonyl (C=O) groups is 1. The predicted molar refractivity (Wildman–Crippen MR) is 67.7 cm³/mol. The van der Waals surface area contributed by atoms with Gasteiger partial charge in [0.05, 0.1) is 0 Å². The summed E-state index contributed by atoms with van der Waals surface area (Å²) in [6.45, 7) is 4.00. The minimum Gasteiger partial charge on any atom is -0.293 e. The number of nitrogens with one attached hydrogen (secondary N) is 2. The van der Waals surface area contributed by atoms with Crippen LogP contribution in [0.5, 0.6) is 0 Å². The molecular weight excluding hydrogens is 216 g/mol. The van der Waals surface area contributed by atoms with Crippen LogP contribution >= 0.6 is 0 Å². The first-order valence-corrected chi connectivity index (χ1v) is 6.41. The van der Waals surface area contributed by atoms with E-state index in [4.69, 9.17) is 0 Å². The standard InChI is InChI=1S/C12H22N4O/c1-3-4-5-6-7-8-9-11(17)14-12-13-10(2)15-16-12/h3-9H2,1-2H3,(H2,13,14,15,16,17). The third-order valence-corrected chi connectivity index (χ3v) is 2.61. The van der Waals surface area contributed by atoms with Crippen molar-refractivity contribution in [2.75, 3.05) is 5.32 Å². The van der Waals surface area contributed by atoms with Gasteiger partial charge in [0, 0.05) is 6.42 Å². The molecule has 0 spiro atoms. The van der Waals surface area contributed by atoms with E-state index < -0.39 is 0 Å². The van der Waals surface area contributed by atoms with Gasteiger partial charge < -0.3 is 0 Å². The number of aromatic nitrogens is 3. The molecule has 96 valence electrons. The Labute approximate surface area is 102 Å².